The first kappa shape index (κ1) is 32.0. The third kappa shape index (κ3) is 8.78. The van der Waals surface area contributed by atoms with Gasteiger partial charge >= 0.3 is 0 Å². The first-order valence-corrected chi connectivity index (χ1v) is 16.9. The Balaban J connectivity index is 1.58. The number of fused-ring (bicyclic) bond motifs is 1. The number of rotatable bonds is 15. The van der Waals surface area contributed by atoms with Crippen LogP contribution >= 0.6 is 0 Å². The molecule has 4 rings (SSSR count). The minimum absolute atomic E-state index is 0.0764. The van der Waals surface area contributed by atoms with Crippen LogP contribution in [0.4, 0.5) is 5.95 Å². The van der Waals surface area contributed by atoms with Crippen LogP contribution in [0.25, 0.3) is 11.0 Å². The highest BCUT2D eigenvalue weighted by atomic mass is 32.2. The third-order valence-electron chi connectivity index (χ3n) is 7.99. The Morgan fingerprint density at radius 2 is 1.62 bits per heavy atom. The van der Waals surface area contributed by atoms with E-state index in [1.807, 2.05) is 23.1 Å². The van der Waals surface area contributed by atoms with Crippen molar-refractivity contribution in [2.24, 2.45) is 17.0 Å². The number of carbonyl (C=O) groups excluding carboxylic acids is 1. The summed E-state index contributed by atoms with van der Waals surface area (Å²) < 4.78 is 25.5. The Morgan fingerprint density at radius 1 is 0.976 bits per heavy atom. The fourth-order valence-corrected chi connectivity index (χ4v) is 5.89. The second-order valence-electron chi connectivity index (χ2n) is 12.4. The first-order valence-electron chi connectivity index (χ1n) is 15.4. The van der Waals surface area contributed by atoms with E-state index in [0.717, 1.165) is 81.1 Å². The van der Waals surface area contributed by atoms with Crippen molar-refractivity contribution < 1.29 is 13.2 Å². The van der Waals surface area contributed by atoms with Crippen LogP contribution in [0.3, 0.4) is 0 Å². The molecule has 10 heteroatoms. The van der Waals surface area contributed by atoms with Gasteiger partial charge in [0.15, 0.2) is 0 Å². The minimum Gasteiger partial charge on any atom is -0.352 e. The number of sulfonamides is 1. The molecule has 0 atom stereocenters. The van der Waals surface area contributed by atoms with Crippen molar-refractivity contribution in [3.63, 3.8) is 0 Å². The zero-order chi connectivity index (χ0) is 30.3. The topological polar surface area (TPSA) is 114 Å². The number of aryl methyl sites for hydroxylation is 1. The number of aromatic nitrogens is 2. The number of carbonyl (C=O) groups is 1. The Kier molecular flexibility index (Phi) is 11.0. The number of amides is 1. The van der Waals surface area contributed by atoms with E-state index in [4.69, 9.17) is 10.1 Å². The maximum absolute atomic E-state index is 13.8. The number of hydrogen-bond acceptors (Lipinski definition) is 6. The lowest BCUT2D eigenvalue weighted by Crippen LogP contribution is -2.34. The van der Waals surface area contributed by atoms with Crippen LogP contribution in [-0.2, 0) is 23.1 Å². The zero-order valence-corrected chi connectivity index (χ0v) is 26.5. The number of imidazole rings is 1. The van der Waals surface area contributed by atoms with Gasteiger partial charge in [-0.3, -0.25) is 4.79 Å². The molecular weight excluding hydrogens is 548 g/mol. The number of primary sulfonamides is 1. The normalized spacial score (nSPS) is 14.4. The second-order valence-corrected chi connectivity index (χ2v) is 14.0. The molecule has 1 aliphatic heterocycles. The number of anilines is 1. The molecule has 1 aromatic heterocycles. The molecule has 3 N–H and O–H groups in total. The van der Waals surface area contributed by atoms with Crippen molar-refractivity contribution in [1.29, 1.82) is 0 Å². The molecule has 1 fully saturated rings. The molecule has 2 aromatic carbocycles. The molecule has 1 saturated heterocycles. The largest absolute Gasteiger partial charge is 0.352 e. The summed E-state index contributed by atoms with van der Waals surface area (Å²) in [4.78, 5) is 23.3. The Morgan fingerprint density at radius 3 is 2.21 bits per heavy atom. The number of hydrogen-bond donors (Lipinski definition) is 2. The van der Waals surface area contributed by atoms with Crippen LogP contribution in [0.1, 0.15) is 75.7 Å². The smallest absolute Gasteiger partial charge is 0.253 e. The molecule has 1 aliphatic rings. The zero-order valence-electron chi connectivity index (χ0n) is 25.7. The molecule has 0 aliphatic carbocycles. The lowest BCUT2D eigenvalue weighted by molar-refractivity contribution is 0.0741. The molecule has 0 bridgehead atoms. The van der Waals surface area contributed by atoms with Gasteiger partial charge in [0.05, 0.1) is 15.9 Å². The summed E-state index contributed by atoms with van der Waals surface area (Å²) >= 11 is 0. The SMILES string of the molecule is CC(C)CCN(CCC(C)C)C(=O)c1ccc2nc(NCc3ccc(S(N)(=O)=O)cc3)n(CCCN3CCCC3)c2c1. The van der Waals surface area contributed by atoms with Crippen molar-refractivity contribution in [3.05, 3.63) is 53.6 Å². The summed E-state index contributed by atoms with van der Waals surface area (Å²) in [5, 5.41) is 8.71. The van der Waals surface area contributed by atoms with Gasteiger partial charge in [-0.05, 0) is 99.5 Å². The summed E-state index contributed by atoms with van der Waals surface area (Å²) in [6.07, 6.45) is 5.47. The summed E-state index contributed by atoms with van der Waals surface area (Å²) in [6.45, 7) is 14.9. The second kappa shape index (κ2) is 14.5. The molecule has 0 spiro atoms. The van der Waals surface area contributed by atoms with E-state index in [9.17, 15) is 13.2 Å². The van der Waals surface area contributed by atoms with E-state index in [1.165, 1.54) is 25.0 Å². The Hall–Kier alpha value is -2.95. The van der Waals surface area contributed by atoms with E-state index in [-0.39, 0.29) is 10.8 Å². The molecule has 42 heavy (non-hydrogen) atoms. The van der Waals surface area contributed by atoms with Gasteiger partial charge in [-0.25, -0.2) is 18.5 Å². The van der Waals surface area contributed by atoms with Crippen LogP contribution < -0.4 is 10.5 Å². The van der Waals surface area contributed by atoms with Crippen molar-refractivity contribution in [2.45, 2.75) is 77.8 Å². The van der Waals surface area contributed by atoms with E-state index < -0.39 is 10.0 Å². The van der Waals surface area contributed by atoms with Crippen LogP contribution in [0.15, 0.2) is 47.4 Å². The van der Waals surface area contributed by atoms with Gasteiger partial charge in [-0.15, -0.1) is 0 Å². The maximum Gasteiger partial charge on any atom is 0.253 e. The van der Waals surface area contributed by atoms with Gasteiger partial charge < -0.3 is 19.7 Å². The number of nitrogens with zero attached hydrogens (tertiary/aromatic N) is 4. The molecule has 0 saturated carbocycles. The molecule has 3 aromatic rings. The Bertz CT molecular complexity index is 1410. The number of likely N-dealkylation sites (tertiary alicyclic amines) is 1. The number of benzene rings is 2. The quantitative estimate of drug-likeness (QED) is 0.246. The van der Waals surface area contributed by atoms with E-state index >= 15 is 0 Å². The fourth-order valence-electron chi connectivity index (χ4n) is 5.38. The molecule has 9 nitrogen and oxygen atoms in total. The minimum atomic E-state index is -3.73. The summed E-state index contributed by atoms with van der Waals surface area (Å²) in [6, 6.07) is 12.4. The van der Waals surface area contributed by atoms with E-state index in [0.29, 0.717) is 23.9 Å². The predicted octanol–water partition coefficient (Wildman–Crippen LogP) is 5.32. The van der Waals surface area contributed by atoms with Gasteiger partial charge in [0.25, 0.3) is 5.91 Å². The highest BCUT2D eigenvalue weighted by Gasteiger charge is 2.20. The van der Waals surface area contributed by atoms with Crippen LogP contribution in [0.5, 0.6) is 0 Å². The highest BCUT2D eigenvalue weighted by molar-refractivity contribution is 7.89. The van der Waals surface area contributed by atoms with Crippen molar-refractivity contribution in [2.75, 3.05) is 38.0 Å². The lowest BCUT2D eigenvalue weighted by atomic mass is 10.1. The maximum atomic E-state index is 13.8. The van der Waals surface area contributed by atoms with Gasteiger partial charge in [-0.1, -0.05) is 39.8 Å². The Labute approximate surface area is 251 Å². The molecule has 2 heterocycles. The predicted molar refractivity (Wildman–Crippen MR) is 170 cm³/mol. The molecule has 230 valence electrons. The average Bonchev–Trinajstić information content (AvgIpc) is 3.59. The number of nitrogens with one attached hydrogen (secondary N) is 1. The van der Waals surface area contributed by atoms with Crippen LogP contribution in [0.2, 0.25) is 0 Å². The van der Waals surface area contributed by atoms with Crippen LogP contribution in [0, 0.1) is 11.8 Å². The van der Waals surface area contributed by atoms with Crippen molar-refractivity contribution in [1.82, 2.24) is 19.4 Å². The number of nitrogens with two attached hydrogens (primary N) is 1. The summed E-state index contributed by atoms with van der Waals surface area (Å²) in [7, 11) is -3.73. The highest BCUT2D eigenvalue weighted by Crippen LogP contribution is 2.24. The third-order valence-corrected chi connectivity index (χ3v) is 8.92. The van der Waals surface area contributed by atoms with Gasteiger partial charge in [0.2, 0.25) is 16.0 Å². The monoisotopic (exact) mass is 596 g/mol. The van der Waals surface area contributed by atoms with Gasteiger partial charge in [-0.2, -0.15) is 0 Å². The first-order chi connectivity index (χ1) is 20.0. The van der Waals surface area contributed by atoms with Crippen molar-refractivity contribution in [3.8, 4) is 0 Å². The van der Waals surface area contributed by atoms with Gasteiger partial charge in [0, 0.05) is 31.7 Å². The molecule has 0 radical (unpaired) electrons. The molecule has 0 unspecified atom stereocenters. The summed E-state index contributed by atoms with van der Waals surface area (Å²) in [5.74, 6) is 1.88. The average molecular weight is 597 g/mol. The molecule has 1 amide bonds. The fraction of sp³-hybridized carbons (Fsp3) is 0.562. The van der Waals surface area contributed by atoms with E-state index in [2.05, 4.69) is 42.5 Å². The van der Waals surface area contributed by atoms with Crippen LogP contribution in [-0.4, -0.2) is 66.4 Å². The lowest BCUT2D eigenvalue weighted by Gasteiger charge is -2.25. The summed E-state index contributed by atoms with van der Waals surface area (Å²) in [5.41, 5.74) is 3.40. The molecular formula is C32H48N6O3S. The van der Waals surface area contributed by atoms with Gasteiger partial charge in [0.1, 0.15) is 0 Å². The van der Waals surface area contributed by atoms with E-state index in [1.54, 1.807) is 12.1 Å². The van der Waals surface area contributed by atoms with Crippen molar-refractivity contribution >= 4 is 32.9 Å². The standard InChI is InChI=1S/C32H48N6O3S/c1-24(2)14-20-37(21-15-25(3)4)31(39)27-10-13-29-30(22-27)38(19-7-18-36-16-5-6-17-36)32(35-29)34-23-26-8-11-28(12-9-26)42(33,40)41/h8-13,22,24-25H,5-7,14-21,23H2,1-4H3,(H,34,35)(H2,33,40,41).